The molecule has 2 aromatic carbocycles. The highest BCUT2D eigenvalue weighted by atomic mass is 19.1. The molecular weight excluding hydrogens is 1060 g/mol. The molecule has 22 nitrogen and oxygen atoms in total. The molecule has 1 saturated heterocycles. The van der Waals surface area contributed by atoms with Gasteiger partial charge in [0.25, 0.3) is 5.56 Å². The third-order valence-electron chi connectivity index (χ3n) is 16.0. The molecule has 2 aromatic heterocycles. The number of rotatable bonds is 28. The summed E-state index contributed by atoms with van der Waals surface area (Å²) in [4.78, 5) is 149. The number of aliphatic hydroxyl groups is 1. The van der Waals surface area contributed by atoms with E-state index in [1.54, 1.807) is 57.2 Å². The van der Waals surface area contributed by atoms with Crippen LogP contribution in [0.1, 0.15) is 136 Å². The molecule has 23 heteroatoms. The quantitative estimate of drug-likeness (QED) is 0.0238. The lowest BCUT2D eigenvalue weighted by atomic mass is 9.81. The fourth-order valence-electron chi connectivity index (χ4n) is 11.3. The zero-order chi connectivity index (χ0) is 59.0. The number of amides is 6. The second-order valence-electron chi connectivity index (χ2n) is 21.6. The minimum atomic E-state index is -2.06. The third-order valence-corrected chi connectivity index (χ3v) is 16.0. The number of imide groups is 1. The van der Waals surface area contributed by atoms with Crippen LogP contribution in [0.2, 0.25) is 0 Å². The van der Waals surface area contributed by atoms with E-state index in [0.717, 1.165) is 11.1 Å². The number of fused-ring (bicyclic) bond motifs is 5. The number of Topliss-reactive ketones (excluding diaryl/α,β-unsaturated/α-hetero) is 2. The van der Waals surface area contributed by atoms with E-state index in [9.17, 15) is 63.0 Å². The first-order valence-electron chi connectivity index (χ1n) is 28.0. The average Bonchev–Trinajstić information content (AvgIpc) is 2.27. The Morgan fingerprint density at radius 2 is 1.62 bits per heavy atom. The molecule has 1 unspecified atom stereocenters. The van der Waals surface area contributed by atoms with Crippen molar-refractivity contribution in [2.75, 3.05) is 39.3 Å². The number of aryl methyl sites for hydroxylation is 1. The Labute approximate surface area is 471 Å². The van der Waals surface area contributed by atoms with E-state index in [4.69, 9.17) is 9.72 Å². The second kappa shape index (κ2) is 26.2. The molecule has 4 aliphatic rings. The molecule has 6 amide bonds. The molecule has 0 spiro atoms. The molecule has 0 saturated carbocycles. The van der Waals surface area contributed by atoms with Crippen LogP contribution in [0.15, 0.2) is 47.3 Å². The van der Waals surface area contributed by atoms with Gasteiger partial charge in [0.15, 0.2) is 17.2 Å². The number of esters is 1. The predicted molar refractivity (Wildman–Crippen MR) is 293 cm³/mol. The number of ketones is 2. The Morgan fingerprint density at radius 3 is 2.34 bits per heavy atom. The largest absolute Gasteiger partial charge is 0.480 e. The fourth-order valence-corrected chi connectivity index (χ4v) is 11.3. The van der Waals surface area contributed by atoms with Gasteiger partial charge in [-0.2, -0.15) is 0 Å². The van der Waals surface area contributed by atoms with Gasteiger partial charge in [0, 0.05) is 99.6 Å². The summed E-state index contributed by atoms with van der Waals surface area (Å²) in [6, 6.07) is 10.1. The number of hydrogen-bond donors (Lipinski definition) is 6. The number of carbonyl (C=O) groups excluding carboxylic acids is 9. The highest BCUT2D eigenvalue weighted by Gasteiger charge is 2.46. The number of aliphatic carboxylic acids is 1. The predicted octanol–water partition coefficient (Wildman–Crippen LogP) is 3.02. The fraction of sp³-hybridized carbons (Fsp3) is 0.492. The van der Waals surface area contributed by atoms with Crippen molar-refractivity contribution in [2.24, 2.45) is 5.92 Å². The maximum Gasteiger partial charge on any atom is 0.343 e. The summed E-state index contributed by atoms with van der Waals surface area (Å²) in [6.07, 6.45) is 1.72. The number of unbranched alkanes of at least 4 members (excludes halogenated alkanes) is 2. The minimum Gasteiger partial charge on any atom is -0.480 e. The maximum absolute atomic E-state index is 15.5. The molecule has 0 radical (unpaired) electrons. The van der Waals surface area contributed by atoms with Crippen LogP contribution in [0.5, 0.6) is 0 Å². The van der Waals surface area contributed by atoms with E-state index >= 15 is 4.39 Å². The van der Waals surface area contributed by atoms with Gasteiger partial charge in [-0.3, -0.25) is 57.7 Å². The molecule has 0 bridgehead atoms. The summed E-state index contributed by atoms with van der Waals surface area (Å²) in [5.74, 6) is -5.90. The van der Waals surface area contributed by atoms with Crippen LogP contribution in [0.3, 0.4) is 0 Å². The number of carboxylic acid groups (broad SMARTS) is 1. The van der Waals surface area contributed by atoms with E-state index < -0.39 is 76.8 Å². The van der Waals surface area contributed by atoms with Gasteiger partial charge in [0.05, 0.1) is 54.2 Å². The van der Waals surface area contributed by atoms with E-state index in [-0.39, 0.29) is 132 Å². The number of ether oxygens (including phenoxy) is 1. The lowest BCUT2D eigenvalue weighted by Gasteiger charge is -2.31. The second-order valence-corrected chi connectivity index (χ2v) is 21.6. The smallest absolute Gasteiger partial charge is 0.343 e. The monoisotopic (exact) mass is 1130 g/mol. The van der Waals surface area contributed by atoms with E-state index in [2.05, 4.69) is 21.3 Å². The number of aromatic nitrogens is 2. The van der Waals surface area contributed by atoms with Crippen molar-refractivity contribution in [1.82, 2.24) is 40.6 Å². The Bertz CT molecular complexity index is 3290. The molecule has 5 heterocycles. The number of hydrogen-bond acceptors (Lipinski definition) is 15. The molecule has 436 valence electrons. The molecule has 3 aliphatic heterocycles. The van der Waals surface area contributed by atoms with Crippen LogP contribution in [0, 0.1) is 18.7 Å². The van der Waals surface area contributed by atoms with Crippen LogP contribution < -0.4 is 26.8 Å². The summed E-state index contributed by atoms with van der Waals surface area (Å²) in [5, 5.41) is 32.9. The summed E-state index contributed by atoms with van der Waals surface area (Å²) in [5.41, 5.74) is 1.86. The zero-order valence-electron chi connectivity index (χ0n) is 46.3. The molecule has 6 N–H and O–H groups in total. The number of cyclic esters (lactones) is 1. The Balaban J connectivity index is 0.810. The van der Waals surface area contributed by atoms with Crippen molar-refractivity contribution in [2.45, 2.75) is 141 Å². The lowest BCUT2D eigenvalue weighted by Crippen LogP contribution is -2.44. The lowest BCUT2D eigenvalue weighted by molar-refractivity contribution is -0.172. The van der Waals surface area contributed by atoms with Crippen LogP contribution in [-0.4, -0.2) is 134 Å². The van der Waals surface area contributed by atoms with E-state index in [1.807, 2.05) is 0 Å². The molecule has 8 rings (SSSR count). The van der Waals surface area contributed by atoms with Gasteiger partial charge in [-0.25, -0.2) is 14.2 Å². The number of likely N-dealkylation sites (tertiary alicyclic amines) is 1. The van der Waals surface area contributed by atoms with Gasteiger partial charge in [0.2, 0.25) is 35.4 Å². The Morgan fingerprint density at radius 1 is 0.878 bits per heavy atom. The first-order valence-corrected chi connectivity index (χ1v) is 28.0. The van der Waals surface area contributed by atoms with Crippen LogP contribution in [-0.2, 0) is 84.3 Å². The summed E-state index contributed by atoms with van der Waals surface area (Å²) >= 11 is 0. The first kappa shape index (κ1) is 60.1. The average molecular weight is 1130 g/mol. The minimum absolute atomic E-state index is 0.0195. The maximum atomic E-state index is 15.5. The molecule has 4 aromatic rings. The van der Waals surface area contributed by atoms with Crippen molar-refractivity contribution >= 4 is 69.9 Å². The normalized spacial score (nSPS) is 18.1. The van der Waals surface area contributed by atoms with Gasteiger partial charge in [0.1, 0.15) is 12.4 Å². The number of pyridine rings is 2. The standard InChI is InChI=1S/C59H69FN8O14/c1-4-59(81)40-27-45-55-38(30-68(45)57(79)39(40)32-82-58(59)80)54-42(16-15-37-34(3)41(60)28-44(65-55)53(37)54)63-50(74)20-23-66(31-52(76)77)24-21-61-48(72)19-17-46(70)43(26-35-11-7-5-8-12-35)64-49(73)18-14-36(69)29-62-47(71)13-9-6-10-22-67-51(75)25-33(2)56(67)78/h5,7-8,11-12,27-28,33,42-43,81H,4,6,9-10,13-26,29-32H2,1-3H3,(H,61,72)(H,62,71)(H,63,74)(H,64,73)(H,76,77)/t33?,42-,43-,59-/m0/s1. The van der Waals surface area contributed by atoms with Crippen molar-refractivity contribution in [3.05, 3.63) is 97.6 Å². The topological polar surface area (TPSA) is 310 Å². The van der Waals surface area contributed by atoms with E-state index in [0.29, 0.717) is 77.6 Å². The molecule has 1 fully saturated rings. The van der Waals surface area contributed by atoms with Gasteiger partial charge in [-0.1, -0.05) is 50.6 Å². The molecule has 1 aliphatic carbocycles. The van der Waals surface area contributed by atoms with Gasteiger partial charge in [-0.05, 0) is 73.8 Å². The van der Waals surface area contributed by atoms with Crippen molar-refractivity contribution in [3.8, 4) is 11.4 Å². The third kappa shape index (κ3) is 13.6. The summed E-state index contributed by atoms with van der Waals surface area (Å²) < 4.78 is 22.2. The summed E-state index contributed by atoms with van der Waals surface area (Å²) in [7, 11) is 0. The number of nitrogens with zero attached hydrogens (tertiary/aromatic N) is 4. The SMILES string of the molecule is CC[C@@]1(O)C(=O)OCc2c1cc1n(c2=O)Cc2c-1nc1cc(F)c(C)c3c1c2[C@@H](NC(=O)CCN(CCNC(=O)CCC(=O)[C@H](Cc1ccccc1)NC(=O)CCC(=O)CNC(=O)CCCCCN1C(=O)CC(C)C1=O)CC(=O)O)CC3. The van der Waals surface area contributed by atoms with E-state index in [1.165, 1.54) is 20.4 Å². The zero-order valence-corrected chi connectivity index (χ0v) is 46.3. The highest BCUT2D eigenvalue weighted by Crippen LogP contribution is 2.46. The number of halogens is 1. The van der Waals surface area contributed by atoms with Crippen LogP contribution >= 0.6 is 0 Å². The van der Waals surface area contributed by atoms with Crippen LogP contribution in [0.4, 0.5) is 4.39 Å². The molecule has 4 atom stereocenters. The number of benzene rings is 2. The molecular formula is C59H69FN8O14. The number of nitrogens with one attached hydrogen (secondary N) is 4. The Kier molecular flexibility index (Phi) is 19.2. The van der Waals surface area contributed by atoms with Crippen molar-refractivity contribution in [3.63, 3.8) is 0 Å². The van der Waals surface area contributed by atoms with Gasteiger partial charge < -0.3 is 40.8 Å². The number of carbonyl (C=O) groups is 10. The number of carboxylic acids is 1. The summed E-state index contributed by atoms with van der Waals surface area (Å²) in [6.45, 7) is 4.25. The van der Waals surface area contributed by atoms with Crippen LogP contribution in [0.25, 0.3) is 22.3 Å². The highest BCUT2D eigenvalue weighted by molar-refractivity contribution is 6.03. The van der Waals surface area contributed by atoms with Gasteiger partial charge in [-0.15, -0.1) is 0 Å². The van der Waals surface area contributed by atoms with Crippen molar-refractivity contribution < 1.29 is 67.3 Å². The first-order chi connectivity index (χ1) is 39.2. The van der Waals surface area contributed by atoms with Gasteiger partial charge >= 0.3 is 11.9 Å². The molecule has 82 heavy (non-hydrogen) atoms. The van der Waals surface area contributed by atoms with Crippen molar-refractivity contribution in [1.29, 1.82) is 0 Å². The Hall–Kier alpha value is -8.05.